The van der Waals surface area contributed by atoms with E-state index < -0.39 is 0 Å². The van der Waals surface area contributed by atoms with E-state index in [2.05, 4.69) is 61.3 Å². The van der Waals surface area contributed by atoms with Gasteiger partial charge in [-0.15, -0.1) is 11.8 Å². The summed E-state index contributed by atoms with van der Waals surface area (Å²) in [6, 6.07) is 8.70. The van der Waals surface area contributed by atoms with Crippen molar-refractivity contribution in [2.24, 2.45) is 17.8 Å². The molecule has 1 aliphatic heterocycles. The molecule has 27 heavy (non-hydrogen) atoms. The van der Waals surface area contributed by atoms with Crippen molar-refractivity contribution in [2.75, 3.05) is 30.9 Å². The van der Waals surface area contributed by atoms with Crippen molar-refractivity contribution >= 4 is 33.6 Å². The van der Waals surface area contributed by atoms with E-state index >= 15 is 0 Å². The Bertz CT molecular complexity index is 732. The average molecular weight is 448 g/mol. The van der Waals surface area contributed by atoms with Crippen LogP contribution in [0.3, 0.4) is 0 Å². The Morgan fingerprint density at radius 3 is 2.52 bits per heavy atom. The Morgan fingerprint density at radius 2 is 1.85 bits per heavy atom. The maximum absolute atomic E-state index is 6.00. The summed E-state index contributed by atoms with van der Waals surface area (Å²) in [6.45, 7) is 3.78. The highest BCUT2D eigenvalue weighted by atomic mass is 79.9. The van der Waals surface area contributed by atoms with Crippen LogP contribution in [0, 0.1) is 17.8 Å². The summed E-state index contributed by atoms with van der Waals surface area (Å²) in [5.41, 5.74) is 1.27. The van der Waals surface area contributed by atoms with Gasteiger partial charge in [-0.2, -0.15) is 0 Å². The fourth-order valence-electron chi connectivity index (χ4n) is 4.09. The molecule has 0 N–H and O–H groups in total. The van der Waals surface area contributed by atoms with E-state index in [1.54, 1.807) is 11.8 Å². The van der Waals surface area contributed by atoms with Crippen molar-refractivity contribution in [2.45, 2.75) is 30.8 Å². The molecule has 1 saturated heterocycles. The topological polar surface area (TPSA) is 38.2 Å². The third kappa shape index (κ3) is 5.04. The quantitative estimate of drug-likeness (QED) is 0.556. The molecule has 1 aromatic carbocycles. The number of ether oxygens (including phenoxy) is 1. The van der Waals surface area contributed by atoms with Crippen LogP contribution in [0.1, 0.15) is 24.8 Å². The van der Waals surface area contributed by atoms with Crippen LogP contribution in [0.5, 0.6) is 0 Å². The Morgan fingerprint density at radius 1 is 1.15 bits per heavy atom. The summed E-state index contributed by atoms with van der Waals surface area (Å²) in [5.74, 6) is 3.32. The molecular weight excluding hydrogens is 422 g/mol. The monoisotopic (exact) mass is 447 g/mol. The molecule has 2 atom stereocenters. The molecule has 0 radical (unpaired) electrons. The number of hydrogen-bond donors (Lipinski definition) is 0. The lowest BCUT2D eigenvalue weighted by atomic mass is 9.91. The molecule has 0 spiro atoms. The number of anilines is 1. The zero-order valence-electron chi connectivity index (χ0n) is 15.7. The lowest BCUT2D eigenvalue weighted by Gasteiger charge is -2.32. The average Bonchev–Trinajstić information content (AvgIpc) is 3.49. The molecule has 6 heteroatoms. The Balaban J connectivity index is 1.17. The maximum atomic E-state index is 6.00. The van der Waals surface area contributed by atoms with Gasteiger partial charge >= 0.3 is 0 Å². The summed E-state index contributed by atoms with van der Waals surface area (Å²) < 4.78 is 6.93. The normalized spacial score (nSPS) is 22.8. The van der Waals surface area contributed by atoms with Gasteiger partial charge in [-0.25, -0.2) is 9.97 Å². The van der Waals surface area contributed by atoms with Crippen LogP contribution in [-0.4, -0.2) is 35.9 Å². The van der Waals surface area contributed by atoms with Crippen LogP contribution in [-0.2, 0) is 11.3 Å². The van der Waals surface area contributed by atoms with E-state index in [1.807, 2.05) is 12.4 Å². The molecular formula is C21H26BrN3OS. The molecule has 2 aromatic rings. The molecule has 0 amide bonds. The van der Waals surface area contributed by atoms with Crippen LogP contribution < -0.4 is 4.90 Å². The predicted octanol–water partition coefficient (Wildman–Crippen LogP) is 5.03. The van der Waals surface area contributed by atoms with Crippen LogP contribution >= 0.6 is 27.7 Å². The van der Waals surface area contributed by atoms with Crippen LogP contribution in [0.25, 0.3) is 0 Å². The molecule has 2 fully saturated rings. The number of benzene rings is 1. The smallest absolute Gasteiger partial charge is 0.225 e. The largest absolute Gasteiger partial charge is 0.376 e. The van der Waals surface area contributed by atoms with E-state index in [4.69, 9.17) is 4.74 Å². The molecule has 2 heterocycles. The van der Waals surface area contributed by atoms with E-state index in [0.29, 0.717) is 0 Å². The van der Waals surface area contributed by atoms with Crippen LogP contribution in [0.2, 0.25) is 0 Å². The minimum Gasteiger partial charge on any atom is -0.376 e. The summed E-state index contributed by atoms with van der Waals surface area (Å²) in [4.78, 5) is 12.5. The number of rotatable bonds is 7. The van der Waals surface area contributed by atoms with Gasteiger partial charge in [0.05, 0.1) is 17.7 Å². The first kappa shape index (κ1) is 19.2. The fourth-order valence-corrected chi connectivity index (χ4v) is 4.70. The second-order valence-electron chi connectivity index (χ2n) is 7.55. The fraction of sp³-hybridized carbons (Fsp3) is 0.524. The molecule has 144 valence electrons. The maximum Gasteiger partial charge on any atom is 0.225 e. The van der Waals surface area contributed by atoms with Crippen molar-refractivity contribution in [3.63, 3.8) is 0 Å². The SMILES string of the molecule is CSc1ccc(COCC2CC2C2CCN(c3ncc(Br)cn3)CC2)cc1. The number of thioether (sulfide) groups is 1. The van der Waals surface area contributed by atoms with Gasteiger partial charge in [-0.05, 0) is 76.9 Å². The van der Waals surface area contributed by atoms with E-state index in [1.165, 1.54) is 29.7 Å². The van der Waals surface area contributed by atoms with Crippen molar-refractivity contribution in [1.82, 2.24) is 9.97 Å². The minimum absolute atomic E-state index is 0.733. The molecule has 1 aliphatic carbocycles. The highest BCUT2D eigenvalue weighted by Crippen LogP contribution is 2.48. The van der Waals surface area contributed by atoms with Crippen molar-refractivity contribution in [3.05, 3.63) is 46.7 Å². The first-order valence-electron chi connectivity index (χ1n) is 9.66. The Labute approximate surface area is 174 Å². The van der Waals surface area contributed by atoms with Gasteiger partial charge in [0.25, 0.3) is 0 Å². The van der Waals surface area contributed by atoms with Gasteiger partial charge < -0.3 is 9.64 Å². The lowest BCUT2D eigenvalue weighted by Crippen LogP contribution is -2.35. The number of piperidine rings is 1. The van der Waals surface area contributed by atoms with Crippen LogP contribution in [0.4, 0.5) is 5.95 Å². The van der Waals surface area contributed by atoms with E-state index in [0.717, 1.165) is 54.5 Å². The number of hydrogen-bond acceptors (Lipinski definition) is 5. The molecule has 0 bridgehead atoms. The van der Waals surface area contributed by atoms with Crippen LogP contribution in [0.15, 0.2) is 46.0 Å². The lowest BCUT2D eigenvalue weighted by molar-refractivity contribution is 0.104. The van der Waals surface area contributed by atoms with Crippen molar-refractivity contribution < 1.29 is 4.74 Å². The van der Waals surface area contributed by atoms with E-state index in [9.17, 15) is 0 Å². The van der Waals surface area contributed by atoms with Gasteiger partial charge in [0.15, 0.2) is 0 Å². The first-order chi connectivity index (χ1) is 13.2. The van der Waals surface area contributed by atoms with Gasteiger partial charge in [0.1, 0.15) is 0 Å². The van der Waals surface area contributed by atoms with Crippen molar-refractivity contribution in [1.29, 1.82) is 0 Å². The molecule has 4 nitrogen and oxygen atoms in total. The second kappa shape index (κ2) is 8.93. The minimum atomic E-state index is 0.733. The molecule has 4 rings (SSSR count). The molecule has 1 aromatic heterocycles. The zero-order valence-corrected chi connectivity index (χ0v) is 18.1. The van der Waals surface area contributed by atoms with Gasteiger partial charge in [0.2, 0.25) is 5.95 Å². The van der Waals surface area contributed by atoms with Gasteiger partial charge in [0, 0.05) is 30.4 Å². The number of nitrogens with zero attached hydrogens (tertiary/aromatic N) is 3. The van der Waals surface area contributed by atoms with E-state index in [-0.39, 0.29) is 0 Å². The number of halogens is 1. The summed E-state index contributed by atoms with van der Waals surface area (Å²) in [6.07, 6.45) is 9.60. The first-order valence-corrected chi connectivity index (χ1v) is 11.7. The third-order valence-corrected chi connectivity index (χ3v) is 6.92. The highest BCUT2D eigenvalue weighted by Gasteiger charge is 2.43. The molecule has 1 saturated carbocycles. The summed E-state index contributed by atoms with van der Waals surface area (Å²) >= 11 is 5.18. The van der Waals surface area contributed by atoms with Gasteiger partial charge in [-0.3, -0.25) is 0 Å². The Kier molecular flexibility index (Phi) is 6.35. The standard InChI is InChI=1S/C21H26BrN3OS/c1-27-19-4-2-15(3-5-19)13-26-14-17-10-20(17)16-6-8-25(9-7-16)21-23-11-18(22)12-24-21/h2-5,11-12,16-17,20H,6-10,13-14H2,1H3. The van der Waals surface area contributed by atoms with Crippen molar-refractivity contribution in [3.8, 4) is 0 Å². The number of aromatic nitrogens is 2. The zero-order chi connectivity index (χ0) is 18.6. The summed E-state index contributed by atoms with van der Waals surface area (Å²) in [7, 11) is 0. The predicted molar refractivity (Wildman–Crippen MR) is 114 cm³/mol. The Hall–Kier alpha value is -1.11. The second-order valence-corrected chi connectivity index (χ2v) is 9.34. The van der Waals surface area contributed by atoms with Gasteiger partial charge in [-0.1, -0.05) is 12.1 Å². The molecule has 2 unspecified atom stereocenters. The molecule has 2 aliphatic rings. The summed E-state index contributed by atoms with van der Waals surface area (Å²) in [5, 5.41) is 0. The third-order valence-electron chi connectivity index (χ3n) is 5.77. The highest BCUT2D eigenvalue weighted by molar-refractivity contribution is 9.10.